The molecule has 0 saturated heterocycles. The average Bonchev–Trinajstić information content (AvgIpc) is 2.09. The highest BCUT2D eigenvalue weighted by atomic mass is 16.3. The van der Waals surface area contributed by atoms with Crippen molar-refractivity contribution in [1.82, 2.24) is 5.23 Å². The van der Waals surface area contributed by atoms with Gasteiger partial charge >= 0.3 is 0 Å². The van der Waals surface area contributed by atoms with E-state index in [0.717, 1.165) is 5.56 Å². The molecule has 1 atom stereocenters. The summed E-state index contributed by atoms with van der Waals surface area (Å²) in [7, 11) is 5.21. The number of hydrogen-bond acceptors (Lipinski definition) is 2. The van der Waals surface area contributed by atoms with E-state index in [1.807, 2.05) is 30.3 Å². The first kappa shape index (κ1) is 8.30. The number of aliphatic hydroxyl groups is 1. The first-order chi connectivity index (χ1) is 5.38. The highest BCUT2D eigenvalue weighted by molar-refractivity contribution is 6.04. The lowest BCUT2D eigenvalue weighted by Crippen LogP contribution is -2.21. The van der Waals surface area contributed by atoms with Crippen LogP contribution in [0, 0.1) is 0 Å². The molecule has 0 aliphatic heterocycles. The maximum absolute atomic E-state index is 8.84. The summed E-state index contributed by atoms with van der Waals surface area (Å²) in [4.78, 5) is 0. The number of nitrogens with one attached hydrogen (secondary N) is 1. The van der Waals surface area contributed by atoms with E-state index in [1.54, 1.807) is 0 Å². The van der Waals surface area contributed by atoms with E-state index in [2.05, 4.69) is 5.23 Å². The summed E-state index contributed by atoms with van der Waals surface area (Å²) in [5.74, 6) is 0. The molecule has 11 heavy (non-hydrogen) atoms. The molecule has 2 N–H and O–H groups in total. The van der Waals surface area contributed by atoms with E-state index >= 15 is 0 Å². The normalized spacial score (nSPS) is 12.9. The van der Waals surface area contributed by atoms with Gasteiger partial charge in [-0.05, 0) is 5.56 Å². The molecule has 0 aliphatic rings. The molecule has 1 rings (SSSR count). The van der Waals surface area contributed by atoms with E-state index < -0.39 is 0 Å². The van der Waals surface area contributed by atoms with E-state index in [1.165, 1.54) is 0 Å². The molecular formula is C8H10BNO-. The van der Waals surface area contributed by atoms with E-state index in [9.17, 15) is 0 Å². The van der Waals surface area contributed by atoms with Crippen molar-refractivity contribution in [2.45, 2.75) is 6.04 Å². The van der Waals surface area contributed by atoms with Crippen molar-refractivity contribution >= 4 is 7.98 Å². The van der Waals surface area contributed by atoms with Gasteiger partial charge in [-0.25, -0.2) is 0 Å². The van der Waals surface area contributed by atoms with Gasteiger partial charge in [-0.15, -0.1) is 0 Å². The van der Waals surface area contributed by atoms with Gasteiger partial charge in [0, 0.05) is 6.04 Å². The zero-order valence-electron chi connectivity index (χ0n) is 6.20. The third-order valence-corrected chi connectivity index (χ3v) is 1.59. The Kier molecular flexibility index (Phi) is 3.14. The van der Waals surface area contributed by atoms with Gasteiger partial charge in [-0.3, -0.25) is 0 Å². The highest BCUT2D eigenvalue weighted by Crippen LogP contribution is 2.09. The topological polar surface area (TPSA) is 32.3 Å². The lowest BCUT2D eigenvalue weighted by molar-refractivity contribution is 0.260. The zero-order chi connectivity index (χ0) is 8.10. The monoisotopic (exact) mass is 147 g/mol. The molecule has 0 unspecified atom stereocenters. The fourth-order valence-electron chi connectivity index (χ4n) is 0.940. The van der Waals surface area contributed by atoms with Crippen LogP contribution in [-0.4, -0.2) is 19.7 Å². The van der Waals surface area contributed by atoms with Crippen LogP contribution in [0.1, 0.15) is 11.6 Å². The maximum Gasteiger partial charge on any atom is 0.0591 e. The van der Waals surface area contributed by atoms with Crippen LogP contribution in [0.4, 0.5) is 0 Å². The van der Waals surface area contributed by atoms with Crippen LogP contribution in [0.25, 0.3) is 0 Å². The third-order valence-electron chi connectivity index (χ3n) is 1.59. The Morgan fingerprint density at radius 2 is 2.00 bits per heavy atom. The van der Waals surface area contributed by atoms with Gasteiger partial charge in [-0.2, -0.15) is 0 Å². The Labute approximate surface area is 67.7 Å². The summed E-state index contributed by atoms with van der Waals surface area (Å²) in [5, 5.41) is 11.4. The average molecular weight is 147 g/mol. The van der Waals surface area contributed by atoms with Crippen molar-refractivity contribution in [1.29, 1.82) is 0 Å². The molecule has 3 heteroatoms. The number of rotatable bonds is 3. The molecule has 0 aromatic heterocycles. The van der Waals surface area contributed by atoms with Crippen molar-refractivity contribution in [2.75, 3.05) is 6.61 Å². The maximum atomic E-state index is 8.84. The summed E-state index contributed by atoms with van der Waals surface area (Å²) in [6, 6.07) is 9.43. The predicted octanol–water partition coefficient (Wildman–Crippen LogP) is 0.393. The minimum atomic E-state index is -0.156. The molecule has 3 radical (unpaired) electrons. The smallest absolute Gasteiger partial charge is 0.0591 e. The van der Waals surface area contributed by atoms with Crippen LogP contribution >= 0.6 is 0 Å². The van der Waals surface area contributed by atoms with Gasteiger partial charge in [-0.1, -0.05) is 30.3 Å². The van der Waals surface area contributed by atoms with Gasteiger partial charge in [0.25, 0.3) is 0 Å². The van der Waals surface area contributed by atoms with Gasteiger partial charge < -0.3 is 18.3 Å². The SMILES string of the molecule is [B-]N[C@H](CO)c1ccccc1. The number of hydrogen-bond donors (Lipinski definition) is 2. The Hall–Kier alpha value is -0.795. The van der Waals surface area contributed by atoms with Crippen molar-refractivity contribution in [3.8, 4) is 0 Å². The molecule has 0 spiro atoms. The lowest BCUT2D eigenvalue weighted by atomic mass is 10.1. The Morgan fingerprint density at radius 3 is 2.45 bits per heavy atom. The minimum absolute atomic E-state index is 0.0144. The van der Waals surface area contributed by atoms with Crippen molar-refractivity contribution in [2.24, 2.45) is 0 Å². The molecule has 1 aromatic carbocycles. The predicted molar refractivity (Wildman–Crippen MR) is 45.2 cm³/mol. The molecule has 57 valence electrons. The Bertz CT molecular complexity index is 199. The number of benzene rings is 1. The standard InChI is InChI=1S/C8H10BNO/c9-10-8(6-11)7-4-2-1-3-5-7/h1-5,8,10-11H,6H2/q-1/t8-/m1/s1. The molecule has 0 fully saturated rings. The fraction of sp³-hybridized carbons (Fsp3) is 0.250. The lowest BCUT2D eigenvalue weighted by Gasteiger charge is -2.22. The molecule has 1 aromatic rings. The van der Waals surface area contributed by atoms with Crippen molar-refractivity contribution in [3.63, 3.8) is 0 Å². The molecule has 0 aliphatic carbocycles. The second kappa shape index (κ2) is 4.16. The van der Waals surface area contributed by atoms with Crippen LogP contribution < -0.4 is 5.23 Å². The second-order valence-electron chi connectivity index (χ2n) is 2.31. The first-order valence-electron chi connectivity index (χ1n) is 3.50. The zero-order valence-corrected chi connectivity index (χ0v) is 6.20. The molecular weight excluding hydrogens is 137 g/mol. The summed E-state index contributed by atoms with van der Waals surface area (Å²) in [6.45, 7) is 0.0144. The summed E-state index contributed by atoms with van der Waals surface area (Å²) < 4.78 is 0. The van der Waals surface area contributed by atoms with Crippen LogP contribution in [0.3, 0.4) is 0 Å². The molecule has 0 bridgehead atoms. The fourth-order valence-corrected chi connectivity index (χ4v) is 0.940. The number of aliphatic hydroxyl groups excluding tert-OH is 1. The summed E-state index contributed by atoms with van der Waals surface area (Å²) >= 11 is 0. The molecule has 2 nitrogen and oxygen atoms in total. The van der Waals surface area contributed by atoms with Crippen LogP contribution in [0.15, 0.2) is 30.3 Å². The van der Waals surface area contributed by atoms with Crippen LogP contribution in [-0.2, 0) is 0 Å². The minimum Gasteiger partial charge on any atom is -0.585 e. The summed E-state index contributed by atoms with van der Waals surface area (Å²) in [5.41, 5.74) is 0.998. The van der Waals surface area contributed by atoms with Crippen LogP contribution in [0.5, 0.6) is 0 Å². The Balaban J connectivity index is 2.74. The van der Waals surface area contributed by atoms with Crippen LogP contribution in [0.2, 0.25) is 0 Å². The quantitative estimate of drug-likeness (QED) is 0.606. The highest BCUT2D eigenvalue weighted by Gasteiger charge is 1.99. The molecule has 0 heterocycles. The second-order valence-corrected chi connectivity index (χ2v) is 2.31. The van der Waals surface area contributed by atoms with Crippen molar-refractivity contribution < 1.29 is 5.11 Å². The van der Waals surface area contributed by atoms with Crippen molar-refractivity contribution in [3.05, 3.63) is 35.9 Å². The van der Waals surface area contributed by atoms with E-state index in [0.29, 0.717) is 0 Å². The Morgan fingerprint density at radius 1 is 1.36 bits per heavy atom. The molecule has 0 saturated carbocycles. The first-order valence-corrected chi connectivity index (χ1v) is 3.50. The van der Waals surface area contributed by atoms with Gasteiger partial charge in [0.15, 0.2) is 0 Å². The molecule has 0 amide bonds. The summed E-state index contributed by atoms with van der Waals surface area (Å²) in [6.07, 6.45) is 0. The van der Waals surface area contributed by atoms with Gasteiger partial charge in [0.1, 0.15) is 0 Å². The van der Waals surface area contributed by atoms with Gasteiger partial charge in [0.2, 0.25) is 0 Å². The third kappa shape index (κ3) is 2.07. The van der Waals surface area contributed by atoms with E-state index in [-0.39, 0.29) is 12.6 Å². The van der Waals surface area contributed by atoms with E-state index in [4.69, 9.17) is 13.1 Å². The largest absolute Gasteiger partial charge is 0.585 e. The van der Waals surface area contributed by atoms with Gasteiger partial charge in [0.05, 0.1) is 6.61 Å².